The number of nitrogens with one attached hydrogen (secondary N) is 1. The predicted molar refractivity (Wildman–Crippen MR) is 104 cm³/mol. The van der Waals surface area contributed by atoms with Gasteiger partial charge in [-0.1, -0.05) is 0 Å². The van der Waals surface area contributed by atoms with E-state index >= 15 is 0 Å². The second-order valence-corrected chi connectivity index (χ2v) is 7.91. The third kappa shape index (κ3) is 4.42. The molecule has 134 valence electrons. The van der Waals surface area contributed by atoms with E-state index < -0.39 is 0 Å². The molecule has 1 aromatic heterocycles. The predicted octanol–water partition coefficient (Wildman–Crippen LogP) is 2.18. The van der Waals surface area contributed by atoms with Gasteiger partial charge >= 0.3 is 0 Å². The Bertz CT molecular complexity index is 514. The highest BCUT2D eigenvalue weighted by molar-refractivity contribution is 7.14. The van der Waals surface area contributed by atoms with Crippen molar-refractivity contribution in [2.45, 2.75) is 25.8 Å². The van der Waals surface area contributed by atoms with Crippen molar-refractivity contribution in [1.82, 2.24) is 15.1 Å². The zero-order chi connectivity index (χ0) is 16.9. The van der Waals surface area contributed by atoms with E-state index in [0.717, 1.165) is 51.1 Å². The first-order valence-electron chi connectivity index (χ1n) is 9.17. The fourth-order valence-electron chi connectivity index (χ4n) is 3.41. The molecule has 1 saturated carbocycles. The molecule has 2 heterocycles. The van der Waals surface area contributed by atoms with Gasteiger partial charge in [-0.25, -0.2) is 0 Å². The lowest BCUT2D eigenvalue weighted by molar-refractivity contribution is 0.269. The molecule has 6 heteroatoms. The van der Waals surface area contributed by atoms with Crippen molar-refractivity contribution in [2.75, 3.05) is 58.3 Å². The van der Waals surface area contributed by atoms with E-state index in [1.165, 1.54) is 17.8 Å². The van der Waals surface area contributed by atoms with Crippen molar-refractivity contribution in [2.24, 2.45) is 10.9 Å². The van der Waals surface area contributed by atoms with Crippen LogP contribution in [0.3, 0.4) is 0 Å². The van der Waals surface area contributed by atoms with Gasteiger partial charge < -0.3 is 20.0 Å². The number of hydrogen-bond donors (Lipinski definition) is 1. The molecule has 1 aromatic rings. The van der Waals surface area contributed by atoms with Gasteiger partial charge in [0.15, 0.2) is 5.96 Å². The van der Waals surface area contributed by atoms with Gasteiger partial charge in [0.25, 0.3) is 0 Å². The Hall–Kier alpha value is -1.27. The number of aliphatic imine (C=N–C) groups is 1. The molecule has 24 heavy (non-hydrogen) atoms. The lowest BCUT2D eigenvalue weighted by Gasteiger charge is -2.37. The van der Waals surface area contributed by atoms with Gasteiger partial charge in [-0.3, -0.25) is 4.99 Å². The Balaban J connectivity index is 1.58. The summed E-state index contributed by atoms with van der Waals surface area (Å²) < 4.78 is 0. The molecule has 1 aliphatic heterocycles. The minimum absolute atomic E-state index is 0.589. The van der Waals surface area contributed by atoms with Crippen LogP contribution in [-0.4, -0.2) is 75.2 Å². The number of hydrogen-bond acceptors (Lipinski definition) is 4. The molecule has 2 fully saturated rings. The molecule has 3 rings (SSSR count). The fraction of sp³-hybridized carbons (Fsp3) is 0.722. The SMILES string of the molecule is CCNC(=NCC(C1CC1)N(C)C)N1CCN(c2cccs2)CC1. The van der Waals surface area contributed by atoms with Crippen molar-refractivity contribution in [3.8, 4) is 0 Å². The van der Waals surface area contributed by atoms with Crippen molar-refractivity contribution in [3.63, 3.8) is 0 Å². The van der Waals surface area contributed by atoms with Crippen LogP contribution in [0.5, 0.6) is 0 Å². The molecule has 5 nitrogen and oxygen atoms in total. The van der Waals surface area contributed by atoms with Gasteiger partial charge in [0.05, 0.1) is 11.5 Å². The van der Waals surface area contributed by atoms with Gasteiger partial charge in [-0.2, -0.15) is 0 Å². The highest BCUT2D eigenvalue weighted by atomic mass is 32.1. The lowest BCUT2D eigenvalue weighted by Crippen LogP contribution is -2.52. The van der Waals surface area contributed by atoms with Gasteiger partial charge in [0.1, 0.15) is 0 Å². The molecular formula is C18H31N5S. The summed E-state index contributed by atoms with van der Waals surface area (Å²) in [6.45, 7) is 8.22. The number of nitrogens with zero attached hydrogens (tertiary/aromatic N) is 4. The number of thiophene rings is 1. The molecule has 1 aliphatic carbocycles. The first-order chi connectivity index (χ1) is 11.7. The largest absolute Gasteiger partial charge is 0.360 e. The van der Waals surface area contributed by atoms with Crippen LogP contribution in [0.15, 0.2) is 22.5 Å². The highest BCUT2D eigenvalue weighted by Crippen LogP contribution is 2.34. The molecule has 0 bridgehead atoms. The Kier molecular flexibility index (Phi) is 6.00. The van der Waals surface area contributed by atoms with E-state index in [-0.39, 0.29) is 0 Å². The standard InChI is InChI=1S/C18H31N5S/c1-4-19-18(20-14-16(21(2)3)15-7-8-15)23-11-9-22(10-12-23)17-6-5-13-24-17/h5-6,13,15-16H,4,7-12,14H2,1-3H3,(H,19,20). The van der Waals surface area contributed by atoms with Crippen molar-refractivity contribution >= 4 is 22.3 Å². The van der Waals surface area contributed by atoms with Crippen LogP contribution in [0.1, 0.15) is 19.8 Å². The van der Waals surface area contributed by atoms with Gasteiger partial charge in [-0.05, 0) is 57.3 Å². The van der Waals surface area contributed by atoms with E-state index in [1.807, 2.05) is 11.3 Å². The quantitative estimate of drug-likeness (QED) is 0.630. The van der Waals surface area contributed by atoms with Gasteiger partial charge in [0.2, 0.25) is 0 Å². The zero-order valence-corrected chi connectivity index (χ0v) is 16.1. The van der Waals surface area contributed by atoms with Crippen LogP contribution in [0.25, 0.3) is 0 Å². The Morgan fingerprint density at radius 1 is 1.33 bits per heavy atom. The molecule has 1 N–H and O–H groups in total. The molecule has 0 radical (unpaired) electrons. The molecule has 1 unspecified atom stereocenters. The van der Waals surface area contributed by atoms with Crippen LogP contribution in [-0.2, 0) is 0 Å². The first-order valence-corrected chi connectivity index (χ1v) is 10.0. The second kappa shape index (κ2) is 8.21. The maximum atomic E-state index is 4.98. The summed E-state index contributed by atoms with van der Waals surface area (Å²) >= 11 is 1.83. The summed E-state index contributed by atoms with van der Waals surface area (Å²) in [6, 6.07) is 4.94. The summed E-state index contributed by atoms with van der Waals surface area (Å²) in [4.78, 5) is 12.2. The third-order valence-corrected chi connectivity index (χ3v) is 5.92. The van der Waals surface area contributed by atoms with Crippen LogP contribution in [0, 0.1) is 5.92 Å². The van der Waals surface area contributed by atoms with Crippen molar-refractivity contribution in [3.05, 3.63) is 17.5 Å². The van der Waals surface area contributed by atoms with Crippen molar-refractivity contribution in [1.29, 1.82) is 0 Å². The molecule has 1 atom stereocenters. The molecule has 0 spiro atoms. The first kappa shape index (κ1) is 17.5. The maximum absolute atomic E-state index is 4.98. The Labute approximate surface area is 150 Å². The minimum atomic E-state index is 0.589. The average molecular weight is 350 g/mol. The van der Waals surface area contributed by atoms with Crippen LogP contribution < -0.4 is 10.2 Å². The third-order valence-electron chi connectivity index (χ3n) is 4.99. The minimum Gasteiger partial charge on any atom is -0.360 e. The molecule has 0 aromatic carbocycles. The van der Waals surface area contributed by atoms with Crippen LogP contribution in [0.4, 0.5) is 5.00 Å². The van der Waals surface area contributed by atoms with Gasteiger partial charge in [0, 0.05) is 38.8 Å². The molecule has 2 aliphatic rings. The normalized spacial score (nSPS) is 20.6. The fourth-order valence-corrected chi connectivity index (χ4v) is 4.19. The Morgan fingerprint density at radius 3 is 2.62 bits per heavy atom. The number of guanidine groups is 1. The average Bonchev–Trinajstić information content (AvgIpc) is 3.26. The summed E-state index contributed by atoms with van der Waals surface area (Å²) in [5.74, 6) is 1.94. The smallest absolute Gasteiger partial charge is 0.194 e. The van der Waals surface area contributed by atoms with E-state index in [0.29, 0.717) is 6.04 Å². The van der Waals surface area contributed by atoms with Crippen LogP contribution >= 0.6 is 11.3 Å². The summed E-state index contributed by atoms with van der Waals surface area (Å²) in [6.07, 6.45) is 2.74. The number of likely N-dealkylation sites (N-methyl/N-ethyl adjacent to an activating group) is 1. The number of rotatable bonds is 6. The monoisotopic (exact) mass is 349 g/mol. The second-order valence-electron chi connectivity index (χ2n) is 6.99. The summed E-state index contributed by atoms with van der Waals surface area (Å²) in [7, 11) is 4.37. The van der Waals surface area contributed by atoms with Crippen molar-refractivity contribution < 1.29 is 0 Å². The topological polar surface area (TPSA) is 34.1 Å². The number of anilines is 1. The maximum Gasteiger partial charge on any atom is 0.194 e. The molecular weight excluding hydrogens is 318 g/mol. The van der Waals surface area contributed by atoms with E-state index in [1.54, 1.807) is 0 Å². The lowest BCUT2D eigenvalue weighted by atomic mass is 10.2. The molecule has 0 amide bonds. The summed E-state index contributed by atoms with van der Waals surface area (Å²) in [5, 5.41) is 7.04. The van der Waals surface area contributed by atoms with Gasteiger partial charge in [-0.15, -0.1) is 11.3 Å². The Morgan fingerprint density at radius 2 is 2.08 bits per heavy atom. The summed E-state index contributed by atoms with van der Waals surface area (Å²) in [5.41, 5.74) is 0. The molecule has 1 saturated heterocycles. The zero-order valence-electron chi connectivity index (χ0n) is 15.2. The van der Waals surface area contributed by atoms with E-state index in [4.69, 9.17) is 4.99 Å². The highest BCUT2D eigenvalue weighted by Gasteiger charge is 2.32. The number of piperazine rings is 1. The van der Waals surface area contributed by atoms with E-state index in [2.05, 4.69) is 58.5 Å². The van der Waals surface area contributed by atoms with E-state index in [9.17, 15) is 0 Å². The van der Waals surface area contributed by atoms with Crippen LogP contribution in [0.2, 0.25) is 0 Å².